The molecule has 3 heterocycles. The van der Waals surface area contributed by atoms with Crippen molar-refractivity contribution in [1.82, 2.24) is 9.88 Å². The van der Waals surface area contributed by atoms with E-state index in [0.717, 1.165) is 20.2 Å². The van der Waals surface area contributed by atoms with Crippen LogP contribution in [0.15, 0.2) is 42.5 Å². The van der Waals surface area contributed by atoms with Gasteiger partial charge in [0.1, 0.15) is 5.82 Å². The SMILES string of the molecule is O=C(c1cccc(N2C(=O)CCC2=O)c1)N1CCN(c2nc3ccc(F)cc3s2)CC1. The van der Waals surface area contributed by atoms with Crippen LogP contribution in [0.2, 0.25) is 0 Å². The minimum atomic E-state index is -0.280. The lowest BCUT2D eigenvalue weighted by Gasteiger charge is -2.34. The summed E-state index contributed by atoms with van der Waals surface area (Å²) in [6.07, 6.45) is 0.411. The van der Waals surface area contributed by atoms with Crippen molar-refractivity contribution in [3.8, 4) is 0 Å². The number of aromatic nitrogens is 1. The van der Waals surface area contributed by atoms with Crippen LogP contribution in [0, 0.1) is 5.82 Å². The predicted octanol–water partition coefficient (Wildman–Crippen LogP) is 3.05. The smallest absolute Gasteiger partial charge is 0.254 e. The Morgan fingerprint density at radius 1 is 0.968 bits per heavy atom. The standard InChI is InChI=1S/C22H19FN4O3S/c23-15-4-5-17-18(13-15)31-22(24-17)26-10-8-25(9-11-26)21(30)14-2-1-3-16(12-14)27-19(28)6-7-20(27)29/h1-5,12-13H,6-11H2. The highest BCUT2D eigenvalue weighted by atomic mass is 32.1. The van der Waals surface area contributed by atoms with Crippen molar-refractivity contribution in [1.29, 1.82) is 0 Å². The van der Waals surface area contributed by atoms with Crippen molar-refractivity contribution >= 4 is 50.1 Å². The van der Waals surface area contributed by atoms with Gasteiger partial charge >= 0.3 is 0 Å². The summed E-state index contributed by atoms with van der Waals surface area (Å²) in [6.45, 7) is 2.29. The van der Waals surface area contributed by atoms with Crippen LogP contribution in [0.25, 0.3) is 10.2 Å². The molecule has 5 rings (SSSR count). The van der Waals surface area contributed by atoms with Crippen LogP contribution >= 0.6 is 11.3 Å². The second-order valence-corrected chi connectivity index (χ2v) is 8.57. The third-order valence-electron chi connectivity index (χ3n) is 5.58. The van der Waals surface area contributed by atoms with Crippen LogP contribution in [-0.2, 0) is 9.59 Å². The molecule has 1 aromatic heterocycles. The van der Waals surface area contributed by atoms with Crippen LogP contribution in [-0.4, -0.2) is 53.8 Å². The number of imide groups is 1. The normalized spacial score (nSPS) is 17.1. The number of anilines is 2. The fourth-order valence-corrected chi connectivity index (χ4v) is 4.99. The average Bonchev–Trinajstić information content (AvgIpc) is 3.35. The van der Waals surface area contributed by atoms with Gasteiger partial charge in [0, 0.05) is 44.6 Å². The molecule has 0 saturated carbocycles. The number of nitrogens with zero attached hydrogens (tertiary/aromatic N) is 4. The lowest BCUT2D eigenvalue weighted by molar-refractivity contribution is -0.121. The predicted molar refractivity (Wildman–Crippen MR) is 116 cm³/mol. The molecule has 9 heteroatoms. The number of hydrogen-bond acceptors (Lipinski definition) is 6. The minimum absolute atomic E-state index is 0.132. The van der Waals surface area contributed by atoms with Crippen LogP contribution in [0.1, 0.15) is 23.2 Å². The fourth-order valence-electron chi connectivity index (χ4n) is 3.95. The van der Waals surface area contributed by atoms with E-state index in [9.17, 15) is 18.8 Å². The summed E-state index contributed by atoms with van der Waals surface area (Å²) < 4.78 is 14.2. The second kappa shape index (κ2) is 7.73. The zero-order chi connectivity index (χ0) is 21.5. The average molecular weight is 438 g/mol. The number of rotatable bonds is 3. The molecule has 0 atom stereocenters. The summed E-state index contributed by atoms with van der Waals surface area (Å²) in [6, 6.07) is 11.2. The maximum atomic E-state index is 13.4. The Kier molecular flexibility index (Phi) is 4.90. The number of carbonyl (C=O) groups is 3. The maximum Gasteiger partial charge on any atom is 0.254 e. The molecule has 31 heavy (non-hydrogen) atoms. The summed E-state index contributed by atoms with van der Waals surface area (Å²) in [5, 5.41) is 0.820. The Morgan fingerprint density at radius 3 is 2.45 bits per heavy atom. The number of hydrogen-bond donors (Lipinski definition) is 0. The quantitative estimate of drug-likeness (QED) is 0.588. The van der Waals surface area contributed by atoms with Crippen LogP contribution in [0.5, 0.6) is 0 Å². The van der Waals surface area contributed by atoms with Crippen molar-refractivity contribution in [3.05, 3.63) is 53.8 Å². The number of halogens is 1. The van der Waals surface area contributed by atoms with Gasteiger partial charge in [0.05, 0.1) is 15.9 Å². The van der Waals surface area contributed by atoms with Gasteiger partial charge in [0.2, 0.25) is 11.8 Å². The molecule has 0 bridgehead atoms. The first-order valence-electron chi connectivity index (χ1n) is 10.1. The van der Waals surface area contributed by atoms with Crippen LogP contribution in [0.3, 0.4) is 0 Å². The molecule has 158 valence electrons. The van der Waals surface area contributed by atoms with E-state index in [2.05, 4.69) is 9.88 Å². The highest BCUT2D eigenvalue weighted by molar-refractivity contribution is 7.22. The number of fused-ring (bicyclic) bond motifs is 1. The highest BCUT2D eigenvalue weighted by Gasteiger charge is 2.31. The van der Waals surface area contributed by atoms with Crippen molar-refractivity contribution in [2.24, 2.45) is 0 Å². The molecule has 2 fully saturated rings. The number of carbonyl (C=O) groups excluding carboxylic acids is 3. The Balaban J connectivity index is 1.28. The van der Waals surface area contributed by atoms with E-state index in [1.807, 2.05) is 0 Å². The fraction of sp³-hybridized carbons (Fsp3) is 0.273. The summed E-state index contributed by atoms with van der Waals surface area (Å²) in [5.41, 5.74) is 1.66. The first-order chi connectivity index (χ1) is 15.0. The largest absolute Gasteiger partial charge is 0.345 e. The molecule has 0 aliphatic carbocycles. The van der Waals surface area contributed by atoms with Gasteiger partial charge in [-0.1, -0.05) is 17.4 Å². The summed E-state index contributed by atoms with van der Waals surface area (Å²) in [5.74, 6) is -0.887. The first-order valence-corrected chi connectivity index (χ1v) is 10.9. The van der Waals surface area contributed by atoms with Gasteiger partial charge < -0.3 is 9.80 Å². The highest BCUT2D eigenvalue weighted by Crippen LogP contribution is 2.30. The summed E-state index contributed by atoms with van der Waals surface area (Å²) in [4.78, 5) is 46.6. The van der Waals surface area contributed by atoms with Crippen molar-refractivity contribution in [2.75, 3.05) is 36.0 Å². The second-order valence-electron chi connectivity index (χ2n) is 7.56. The third kappa shape index (κ3) is 3.65. The Bertz CT molecular complexity index is 1190. The van der Waals surface area contributed by atoms with Gasteiger partial charge in [-0.25, -0.2) is 9.37 Å². The molecule has 0 radical (unpaired) electrons. The first kappa shape index (κ1) is 19.6. The topological polar surface area (TPSA) is 73.8 Å². The molecule has 7 nitrogen and oxygen atoms in total. The lowest BCUT2D eigenvalue weighted by atomic mass is 10.1. The zero-order valence-electron chi connectivity index (χ0n) is 16.6. The molecule has 2 aliphatic rings. The molecule has 0 spiro atoms. The van der Waals surface area contributed by atoms with E-state index in [0.29, 0.717) is 37.4 Å². The van der Waals surface area contributed by atoms with Crippen molar-refractivity contribution < 1.29 is 18.8 Å². The Hall–Kier alpha value is -3.33. The van der Waals surface area contributed by atoms with E-state index in [4.69, 9.17) is 0 Å². The number of thiazole rings is 1. The molecular formula is C22H19FN4O3S. The number of piperazine rings is 1. The summed E-state index contributed by atoms with van der Waals surface area (Å²) >= 11 is 1.44. The molecule has 3 aromatic rings. The Labute approximate surface area is 181 Å². The van der Waals surface area contributed by atoms with E-state index in [1.165, 1.54) is 23.5 Å². The van der Waals surface area contributed by atoms with Crippen molar-refractivity contribution in [3.63, 3.8) is 0 Å². The van der Waals surface area contributed by atoms with E-state index in [1.54, 1.807) is 35.2 Å². The number of benzene rings is 2. The number of amides is 3. The molecular weight excluding hydrogens is 419 g/mol. The molecule has 0 N–H and O–H groups in total. The molecule has 2 aliphatic heterocycles. The van der Waals surface area contributed by atoms with Gasteiger partial charge in [-0.2, -0.15) is 0 Å². The monoisotopic (exact) mass is 438 g/mol. The van der Waals surface area contributed by atoms with Gasteiger partial charge in [-0.05, 0) is 36.4 Å². The lowest BCUT2D eigenvalue weighted by Crippen LogP contribution is -2.48. The maximum absolute atomic E-state index is 13.4. The van der Waals surface area contributed by atoms with E-state index >= 15 is 0 Å². The Morgan fingerprint density at radius 2 is 1.71 bits per heavy atom. The van der Waals surface area contributed by atoms with Gasteiger partial charge in [-0.3, -0.25) is 19.3 Å². The van der Waals surface area contributed by atoms with Crippen LogP contribution < -0.4 is 9.80 Å². The zero-order valence-corrected chi connectivity index (χ0v) is 17.4. The molecule has 3 amide bonds. The third-order valence-corrected chi connectivity index (χ3v) is 6.66. The van der Waals surface area contributed by atoms with Crippen LogP contribution in [0.4, 0.5) is 15.2 Å². The minimum Gasteiger partial charge on any atom is -0.345 e. The molecule has 2 saturated heterocycles. The molecule has 2 aromatic carbocycles. The molecule has 0 unspecified atom stereocenters. The van der Waals surface area contributed by atoms with Gasteiger partial charge in [-0.15, -0.1) is 0 Å². The summed E-state index contributed by atoms with van der Waals surface area (Å²) in [7, 11) is 0. The van der Waals surface area contributed by atoms with E-state index in [-0.39, 0.29) is 36.4 Å². The van der Waals surface area contributed by atoms with E-state index < -0.39 is 0 Å². The van der Waals surface area contributed by atoms with Crippen molar-refractivity contribution in [2.45, 2.75) is 12.8 Å². The van der Waals surface area contributed by atoms with Gasteiger partial charge in [0.25, 0.3) is 5.91 Å². The van der Waals surface area contributed by atoms with Gasteiger partial charge in [0.15, 0.2) is 5.13 Å².